The van der Waals surface area contributed by atoms with Crippen molar-refractivity contribution in [3.63, 3.8) is 0 Å². The van der Waals surface area contributed by atoms with Crippen molar-refractivity contribution >= 4 is 27.5 Å². The van der Waals surface area contributed by atoms with Crippen molar-refractivity contribution in [1.82, 2.24) is 4.90 Å². The monoisotopic (exact) mass is 329 g/mol. The van der Waals surface area contributed by atoms with Gasteiger partial charge in [0.15, 0.2) is 0 Å². The molecule has 100 valence electrons. The predicted molar refractivity (Wildman–Crippen MR) is 82.6 cm³/mol. The summed E-state index contributed by atoms with van der Waals surface area (Å²) in [5.74, 6) is 0. The molecule has 0 heterocycles. The van der Waals surface area contributed by atoms with E-state index in [0.717, 1.165) is 10.4 Å². The molecule has 1 nitrogen and oxygen atoms in total. The van der Waals surface area contributed by atoms with Gasteiger partial charge < -0.3 is 0 Å². The van der Waals surface area contributed by atoms with E-state index in [1.165, 1.54) is 31.4 Å². The summed E-state index contributed by atoms with van der Waals surface area (Å²) in [4.78, 5) is 2.46. The maximum Gasteiger partial charge on any atom is 0.0406 e. The molecule has 1 aliphatic rings. The Morgan fingerprint density at radius 3 is 2.39 bits per heavy atom. The third-order valence-corrected chi connectivity index (χ3v) is 5.74. The second-order valence-corrected chi connectivity index (χ2v) is 6.63. The zero-order chi connectivity index (χ0) is 13.2. The van der Waals surface area contributed by atoms with Gasteiger partial charge in [0.05, 0.1) is 0 Å². The van der Waals surface area contributed by atoms with Gasteiger partial charge in [-0.15, -0.1) is 0 Å². The summed E-state index contributed by atoms with van der Waals surface area (Å²) in [6, 6.07) is 8.66. The molecular weight excluding hydrogens is 310 g/mol. The van der Waals surface area contributed by atoms with Crippen molar-refractivity contribution in [3.8, 4) is 0 Å². The second-order valence-electron chi connectivity index (χ2n) is 5.63. The second kappa shape index (κ2) is 5.94. The van der Waals surface area contributed by atoms with Gasteiger partial charge >= 0.3 is 0 Å². The molecular formula is C15H21BrClN. The first-order valence-corrected chi connectivity index (χ1v) is 8.08. The minimum absolute atomic E-state index is 0.443. The molecule has 2 rings (SSSR count). The quantitative estimate of drug-likeness (QED) is 0.694. The van der Waals surface area contributed by atoms with Crippen LogP contribution in [0.5, 0.6) is 0 Å². The molecule has 0 N–H and O–H groups in total. The Morgan fingerprint density at radius 1 is 1.33 bits per heavy atom. The highest BCUT2D eigenvalue weighted by Crippen LogP contribution is 2.43. The van der Waals surface area contributed by atoms with Gasteiger partial charge in [-0.1, -0.05) is 46.1 Å². The van der Waals surface area contributed by atoms with E-state index < -0.39 is 0 Å². The topological polar surface area (TPSA) is 3.24 Å². The van der Waals surface area contributed by atoms with Crippen LogP contribution in [0.4, 0.5) is 0 Å². The standard InChI is InChI=1S/C15H21BrClN/c1-12(13-4-6-14(17)7-5-13)18(2)11-15(10-16)8-3-9-15/h4-7,12H,3,8-11H2,1-2H3. The lowest BCUT2D eigenvalue weighted by Gasteiger charge is -2.44. The molecule has 0 radical (unpaired) electrons. The molecule has 1 saturated carbocycles. The summed E-state index contributed by atoms with van der Waals surface area (Å²) in [5, 5.41) is 1.93. The van der Waals surface area contributed by atoms with E-state index in [4.69, 9.17) is 11.6 Å². The fourth-order valence-corrected chi connectivity index (χ4v) is 3.54. The maximum absolute atomic E-state index is 5.94. The van der Waals surface area contributed by atoms with Gasteiger partial charge in [-0.25, -0.2) is 0 Å². The zero-order valence-corrected chi connectivity index (χ0v) is 13.5. The first-order valence-electron chi connectivity index (χ1n) is 6.58. The van der Waals surface area contributed by atoms with Crippen LogP contribution < -0.4 is 0 Å². The van der Waals surface area contributed by atoms with Crippen LogP contribution in [0.3, 0.4) is 0 Å². The Kier molecular flexibility index (Phi) is 4.74. The zero-order valence-electron chi connectivity index (χ0n) is 11.1. The largest absolute Gasteiger partial charge is 0.299 e. The Morgan fingerprint density at radius 2 is 1.94 bits per heavy atom. The normalized spacial score (nSPS) is 19.6. The lowest BCUT2D eigenvalue weighted by molar-refractivity contribution is 0.0863. The van der Waals surface area contributed by atoms with Crippen molar-refractivity contribution < 1.29 is 0 Å². The van der Waals surface area contributed by atoms with Crippen LogP contribution in [0.2, 0.25) is 5.02 Å². The molecule has 0 bridgehead atoms. The van der Waals surface area contributed by atoms with Crippen LogP contribution in [-0.2, 0) is 0 Å². The summed E-state index contributed by atoms with van der Waals surface area (Å²) in [7, 11) is 2.22. The van der Waals surface area contributed by atoms with Gasteiger partial charge in [0.2, 0.25) is 0 Å². The van der Waals surface area contributed by atoms with E-state index in [0.29, 0.717) is 11.5 Å². The van der Waals surface area contributed by atoms with Crippen LogP contribution >= 0.6 is 27.5 Å². The van der Waals surface area contributed by atoms with Crippen molar-refractivity contribution in [1.29, 1.82) is 0 Å². The average molecular weight is 331 g/mol. The van der Waals surface area contributed by atoms with E-state index in [-0.39, 0.29) is 0 Å². The molecule has 1 unspecified atom stereocenters. The van der Waals surface area contributed by atoms with Gasteiger partial charge in [0.1, 0.15) is 0 Å². The number of hydrogen-bond donors (Lipinski definition) is 0. The first-order chi connectivity index (χ1) is 8.56. The van der Waals surface area contributed by atoms with Gasteiger partial charge in [-0.2, -0.15) is 0 Å². The van der Waals surface area contributed by atoms with E-state index >= 15 is 0 Å². The summed E-state index contributed by atoms with van der Waals surface area (Å²) < 4.78 is 0. The molecule has 0 aromatic heterocycles. The van der Waals surface area contributed by atoms with Gasteiger partial charge in [-0.05, 0) is 49.9 Å². The Labute approximate surface area is 124 Å². The minimum atomic E-state index is 0.443. The number of nitrogens with zero attached hydrogens (tertiary/aromatic N) is 1. The molecule has 0 spiro atoms. The molecule has 1 aliphatic carbocycles. The lowest BCUT2D eigenvalue weighted by atomic mass is 9.70. The fourth-order valence-electron chi connectivity index (χ4n) is 2.67. The van der Waals surface area contributed by atoms with E-state index in [1.807, 2.05) is 12.1 Å². The highest BCUT2D eigenvalue weighted by Gasteiger charge is 2.37. The molecule has 0 saturated heterocycles. The summed E-state index contributed by atoms with van der Waals surface area (Å²) in [6.45, 7) is 3.44. The molecule has 1 aromatic rings. The fraction of sp³-hybridized carbons (Fsp3) is 0.600. The molecule has 0 aliphatic heterocycles. The SMILES string of the molecule is CC(c1ccc(Cl)cc1)N(C)CC1(CBr)CCC1. The number of benzene rings is 1. The third kappa shape index (κ3) is 3.09. The van der Waals surface area contributed by atoms with E-state index in [2.05, 4.69) is 46.9 Å². The van der Waals surface area contributed by atoms with E-state index in [1.54, 1.807) is 0 Å². The number of halogens is 2. The average Bonchev–Trinajstić information content (AvgIpc) is 2.33. The Hall–Kier alpha value is -0.0500. The molecule has 1 fully saturated rings. The first kappa shape index (κ1) is 14.4. The highest BCUT2D eigenvalue weighted by molar-refractivity contribution is 9.09. The van der Waals surface area contributed by atoms with Gasteiger partial charge in [0, 0.05) is 22.9 Å². The van der Waals surface area contributed by atoms with Crippen LogP contribution in [0, 0.1) is 5.41 Å². The highest BCUT2D eigenvalue weighted by atomic mass is 79.9. The van der Waals surface area contributed by atoms with Crippen molar-refractivity contribution in [3.05, 3.63) is 34.9 Å². The van der Waals surface area contributed by atoms with Crippen LogP contribution in [0.1, 0.15) is 37.8 Å². The van der Waals surface area contributed by atoms with Crippen LogP contribution in [-0.4, -0.2) is 23.8 Å². The molecule has 1 aromatic carbocycles. The predicted octanol–water partition coefficient (Wildman–Crippen LogP) is 4.90. The smallest absolute Gasteiger partial charge is 0.0406 e. The molecule has 0 amide bonds. The van der Waals surface area contributed by atoms with Crippen LogP contribution in [0.15, 0.2) is 24.3 Å². The van der Waals surface area contributed by atoms with Crippen molar-refractivity contribution in [2.24, 2.45) is 5.41 Å². The third-order valence-electron chi connectivity index (χ3n) is 4.30. The number of alkyl halides is 1. The minimum Gasteiger partial charge on any atom is -0.299 e. The lowest BCUT2D eigenvalue weighted by Crippen LogP contribution is -2.42. The number of rotatable bonds is 5. The van der Waals surface area contributed by atoms with Crippen molar-refractivity contribution in [2.45, 2.75) is 32.2 Å². The number of hydrogen-bond acceptors (Lipinski definition) is 1. The van der Waals surface area contributed by atoms with Gasteiger partial charge in [0.25, 0.3) is 0 Å². The Balaban J connectivity index is 2.00. The van der Waals surface area contributed by atoms with Crippen LogP contribution in [0.25, 0.3) is 0 Å². The molecule has 3 heteroatoms. The molecule has 18 heavy (non-hydrogen) atoms. The Bertz CT molecular complexity index is 380. The maximum atomic E-state index is 5.94. The van der Waals surface area contributed by atoms with E-state index in [9.17, 15) is 0 Å². The summed E-state index contributed by atoms with van der Waals surface area (Å²) in [6.07, 6.45) is 4.10. The molecule has 1 atom stereocenters. The summed E-state index contributed by atoms with van der Waals surface area (Å²) in [5.41, 5.74) is 1.85. The summed E-state index contributed by atoms with van der Waals surface area (Å²) >= 11 is 9.62. The van der Waals surface area contributed by atoms with Gasteiger partial charge in [-0.3, -0.25) is 4.90 Å². The van der Waals surface area contributed by atoms with Crippen molar-refractivity contribution in [2.75, 3.05) is 18.9 Å².